The average Bonchev–Trinajstić information content (AvgIpc) is 3.01. The largest absolute Gasteiger partial charge is 0.480 e. The predicted octanol–water partition coefficient (Wildman–Crippen LogP) is -0.696. The van der Waals surface area contributed by atoms with Gasteiger partial charge in [0.15, 0.2) is 10.6 Å². The lowest BCUT2D eigenvalue weighted by Gasteiger charge is -2.27. The predicted molar refractivity (Wildman–Crippen MR) is 81.0 cm³/mol. The molecule has 126 valence electrons. The van der Waals surface area contributed by atoms with Gasteiger partial charge in [-0.25, -0.2) is 9.98 Å². The van der Waals surface area contributed by atoms with E-state index in [4.69, 9.17) is 15.6 Å². The number of halogens is 1. The number of rotatable bonds is 4. The van der Waals surface area contributed by atoms with Crippen molar-refractivity contribution in [2.45, 2.75) is 31.0 Å². The van der Waals surface area contributed by atoms with E-state index in [1.807, 2.05) is 0 Å². The van der Waals surface area contributed by atoms with Gasteiger partial charge >= 0.3 is 5.97 Å². The summed E-state index contributed by atoms with van der Waals surface area (Å²) in [6, 6.07) is 0. The maximum absolute atomic E-state index is 10.8. The Morgan fingerprint density at radius 2 is 2.30 bits per heavy atom. The first kappa shape index (κ1) is 16.3. The number of carboxylic acids is 1. The molecule has 0 saturated carbocycles. The minimum Gasteiger partial charge on any atom is -0.480 e. The molecule has 0 radical (unpaired) electrons. The van der Waals surface area contributed by atoms with Crippen LogP contribution in [-0.4, -0.2) is 67.4 Å². The van der Waals surface area contributed by atoms with Crippen LogP contribution in [0.4, 0.5) is 5.82 Å². The molecule has 1 aromatic rings. The van der Waals surface area contributed by atoms with E-state index in [1.54, 1.807) is 4.57 Å². The molecule has 4 atom stereocenters. The molecule has 1 aromatic heterocycles. The van der Waals surface area contributed by atoms with Gasteiger partial charge in [-0.3, -0.25) is 9.36 Å². The maximum Gasteiger partial charge on any atom is 0.323 e. The molecule has 0 amide bonds. The number of aliphatic hydroxyl groups excluding tert-OH is 2. The lowest BCUT2D eigenvalue weighted by molar-refractivity contribution is -0.137. The molecule has 2 unspecified atom stereocenters. The van der Waals surface area contributed by atoms with E-state index in [0.29, 0.717) is 16.2 Å². The third kappa shape index (κ3) is 2.85. The molecule has 3 heterocycles. The zero-order valence-corrected chi connectivity index (χ0v) is 13.5. The molecular formula is C12H16BrN5O5. The number of carboxylic acid groups (broad SMARTS) is 1. The van der Waals surface area contributed by atoms with E-state index in [9.17, 15) is 15.0 Å². The topological polar surface area (TPSA) is 146 Å². The van der Waals surface area contributed by atoms with Crippen molar-refractivity contribution in [2.24, 2.45) is 10.7 Å². The normalized spacial score (nSPS) is 29.8. The van der Waals surface area contributed by atoms with Gasteiger partial charge in [0.2, 0.25) is 0 Å². The van der Waals surface area contributed by atoms with Gasteiger partial charge in [0, 0.05) is 6.42 Å². The van der Waals surface area contributed by atoms with Crippen molar-refractivity contribution in [3.05, 3.63) is 10.4 Å². The number of aliphatic carboxylic acids is 1. The highest BCUT2D eigenvalue weighted by Crippen LogP contribution is 2.39. The van der Waals surface area contributed by atoms with Crippen LogP contribution in [0.15, 0.2) is 9.73 Å². The monoisotopic (exact) mass is 389 g/mol. The van der Waals surface area contributed by atoms with Crippen LogP contribution in [0.2, 0.25) is 0 Å². The lowest BCUT2D eigenvalue weighted by Crippen LogP contribution is -2.39. The van der Waals surface area contributed by atoms with Gasteiger partial charge in [-0.2, -0.15) is 0 Å². The van der Waals surface area contributed by atoms with Gasteiger partial charge in [0.05, 0.1) is 19.0 Å². The number of aromatic nitrogens is 2. The quantitative estimate of drug-likeness (QED) is 0.528. The minimum absolute atomic E-state index is 0.274. The number of fused-ring (bicyclic) bond motifs is 1. The van der Waals surface area contributed by atoms with Gasteiger partial charge in [-0.1, -0.05) is 0 Å². The van der Waals surface area contributed by atoms with Crippen LogP contribution in [0.25, 0.3) is 0 Å². The van der Waals surface area contributed by atoms with E-state index in [1.165, 1.54) is 11.2 Å². The minimum atomic E-state index is -1.03. The molecule has 11 heteroatoms. The third-order valence-corrected chi connectivity index (χ3v) is 4.38. The highest BCUT2D eigenvalue weighted by atomic mass is 79.9. The number of nitrogens with two attached hydrogens (primary N) is 1. The second-order valence-electron chi connectivity index (χ2n) is 5.33. The lowest BCUT2D eigenvalue weighted by atomic mass is 10.2. The molecule has 0 spiro atoms. The number of hydrogen-bond donors (Lipinski definition) is 4. The van der Waals surface area contributed by atoms with Crippen LogP contribution < -0.4 is 5.73 Å². The van der Waals surface area contributed by atoms with Crippen LogP contribution in [-0.2, 0) is 9.53 Å². The molecule has 2 aliphatic heterocycles. The Morgan fingerprint density at radius 1 is 1.57 bits per heavy atom. The molecule has 0 bridgehead atoms. The van der Waals surface area contributed by atoms with Crippen molar-refractivity contribution in [2.75, 3.05) is 13.2 Å². The summed E-state index contributed by atoms with van der Waals surface area (Å²) in [7, 11) is 0. The molecule has 1 fully saturated rings. The summed E-state index contributed by atoms with van der Waals surface area (Å²) < 4.78 is 7.64. The number of carbonyl (C=O) groups is 1. The molecule has 0 aliphatic carbocycles. The van der Waals surface area contributed by atoms with Gasteiger partial charge in [-0.15, -0.1) is 0 Å². The summed E-state index contributed by atoms with van der Waals surface area (Å²) in [5.41, 5.74) is 6.45. The molecule has 23 heavy (non-hydrogen) atoms. The highest BCUT2D eigenvalue weighted by Gasteiger charge is 2.38. The van der Waals surface area contributed by atoms with Gasteiger partial charge < -0.3 is 30.7 Å². The highest BCUT2D eigenvalue weighted by molar-refractivity contribution is 9.10. The summed E-state index contributed by atoms with van der Waals surface area (Å²) in [6.07, 6.45) is -1.15. The summed E-state index contributed by atoms with van der Waals surface area (Å²) in [5.74, 6) is -0.594. The second-order valence-corrected chi connectivity index (χ2v) is 6.04. The number of imidazole rings is 1. The van der Waals surface area contributed by atoms with E-state index >= 15 is 0 Å². The van der Waals surface area contributed by atoms with Crippen LogP contribution in [0, 0.1) is 0 Å². The fraction of sp³-hybridized carbons (Fsp3) is 0.583. The van der Waals surface area contributed by atoms with Crippen LogP contribution in [0.1, 0.15) is 24.5 Å². The molecule has 3 rings (SSSR count). The van der Waals surface area contributed by atoms with Crippen molar-refractivity contribution >= 4 is 34.1 Å². The molecular weight excluding hydrogens is 374 g/mol. The Bertz CT molecular complexity index is 650. The van der Waals surface area contributed by atoms with Crippen LogP contribution >= 0.6 is 15.9 Å². The third-order valence-electron chi connectivity index (χ3n) is 3.82. The Hall–Kier alpha value is -1.53. The van der Waals surface area contributed by atoms with E-state index in [2.05, 4.69) is 25.9 Å². The summed E-state index contributed by atoms with van der Waals surface area (Å²) in [6.45, 7) is -0.582. The smallest absolute Gasteiger partial charge is 0.323 e. The van der Waals surface area contributed by atoms with Crippen molar-refractivity contribution in [3.8, 4) is 0 Å². The zero-order valence-electron chi connectivity index (χ0n) is 11.9. The fourth-order valence-corrected chi connectivity index (χ4v) is 3.27. The van der Waals surface area contributed by atoms with Crippen molar-refractivity contribution in [1.29, 1.82) is 0 Å². The Balaban J connectivity index is 1.91. The maximum atomic E-state index is 10.8. The Morgan fingerprint density at radius 3 is 2.91 bits per heavy atom. The first-order valence-electron chi connectivity index (χ1n) is 6.91. The Kier molecular flexibility index (Phi) is 4.38. The van der Waals surface area contributed by atoms with Crippen molar-refractivity contribution in [1.82, 2.24) is 14.5 Å². The molecule has 0 aromatic carbocycles. The first-order valence-corrected chi connectivity index (χ1v) is 7.71. The molecule has 5 N–H and O–H groups in total. The standard InChI is InChI=1S/C12H16BrN5O5/c13-12-16-9-10(14)17(2-8(21)22)4-15-11(9)18(12)7-1-5(20)6(3-19)23-7/h4-7,10,19-20H,1-3,14H2,(H,21,22)/t5?,6-,7-,10?/m1/s1. The molecule has 2 aliphatic rings. The summed E-state index contributed by atoms with van der Waals surface area (Å²) in [5, 5.41) is 27.9. The van der Waals surface area contributed by atoms with Gasteiger partial charge in [0.25, 0.3) is 0 Å². The van der Waals surface area contributed by atoms with Gasteiger partial charge in [-0.05, 0) is 15.9 Å². The van der Waals surface area contributed by atoms with Crippen LogP contribution in [0.3, 0.4) is 0 Å². The van der Waals surface area contributed by atoms with Crippen molar-refractivity contribution < 1.29 is 24.9 Å². The van der Waals surface area contributed by atoms with Crippen LogP contribution in [0.5, 0.6) is 0 Å². The first-order chi connectivity index (χ1) is 10.9. The molecule has 1 saturated heterocycles. The average molecular weight is 390 g/mol. The summed E-state index contributed by atoms with van der Waals surface area (Å²) in [4.78, 5) is 20.7. The SMILES string of the molecule is NC1c2nc(Br)n([C@H]3CC(O)[C@@H](CO)O3)c2N=CN1CC(=O)O. The number of hydrogen-bond acceptors (Lipinski definition) is 8. The zero-order chi connectivity index (χ0) is 16.7. The number of nitrogens with zero attached hydrogens (tertiary/aromatic N) is 4. The fourth-order valence-electron chi connectivity index (χ4n) is 2.69. The second kappa shape index (κ2) is 6.17. The summed E-state index contributed by atoms with van der Waals surface area (Å²) >= 11 is 3.31. The van der Waals surface area contributed by atoms with Gasteiger partial charge in [0.1, 0.15) is 30.7 Å². The number of aliphatic imine (C=N–C) groups is 1. The van der Waals surface area contributed by atoms with Crippen molar-refractivity contribution in [3.63, 3.8) is 0 Å². The van der Waals surface area contributed by atoms with E-state index < -0.39 is 30.6 Å². The number of ether oxygens (including phenoxy) is 1. The molecule has 10 nitrogen and oxygen atoms in total. The van der Waals surface area contributed by atoms with E-state index in [0.717, 1.165) is 0 Å². The van der Waals surface area contributed by atoms with E-state index in [-0.39, 0.29) is 19.6 Å². The number of aliphatic hydroxyl groups is 2. The Labute approximate surface area is 139 Å².